The summed E-state index contributed by atoms with van der Waals surface area (Å²) in [6.07, 6.45) is 7.25. The van der Waals surface area contributed by atoms with E-state index in [-0.39, 0.29) is 18.4 Å². The number of nitrogens with zero attached hydrogens (tertiary/aromatic N) is 2. The molecule has 0 bridgehead atoms. The minimum atomic E-state index is 0. The van der Waals surface area contributed by atoms with Crippen LogP contribution in [-0.2, 0) is 4.79 Å². The van der Waals surface area contributed by atoms with Crippen LogP contribution in [0, 0.1) is 0 Å². The third-order valence-corrected chi connectivity index (χ3v) is 4.76. The van der Waals surface area contributed by atoms with Gasteiger partial charge in [0, 0.05) is 32.2 Å². The molecule has 0 aromatic rings. The van der Waals surface area contributed by atoms with Crippen molar-refractivity contribution in [3.05, 3.63) is 0 Å². The monoisotopic (exact) mass is 303 g/mol. The molecule has 1 atom stereocenters. The molecule has 5 heteroatoms. The van der Waals surface area contributed by atoms with E-state index < -0.39 is 0 Å². The average molecular weight is 304 g/mol. The lowest BCUT2D eigenvalue weighted by molar-refractivity contribution is -0.136. The maximum atomic E-state index is 12.6. The summed E-state index contributed by atoms with van der Waals surface area (Å²) < 4.78 is 0. The van der Waals surface area contributed by atoms with Crippen LogP contribution in [0.2, 0.25) is 0 Å². The van der Waals surface area contributed by atoms with Gasteiger partial charge in [0.1, 0.15) is 0 Å². The van der Waals surface area contributed by atoms with Crippen molar-refractivity contribution in [2.75, 3.05) is 33.2 Å². The first kappa shape index (κ1) is 17.7. The summed E-state index contributed by atoms with van der Waals surface area (Å²) in [5, 5.41) is 3.34. The molecule has 0 aliphatic carbocycles. The van der Waals surface area contributed by atoms with Gasteiger partial charge >= 0.3 is 0 Å². The van der Waals surface area contributed by atoms with E-state index >= 15 is 0 Å². The minimum absolute atomic E-state index is 0. The van der Waals surface area contributed by atoms with Gasteiger partial charge in [-0.05, 0) is 39.7 Å². The summed E-state index contributed by atoms with van der Waals surface area (Å²) in [5.74, 6) is 0.352. The quantitative estimate of drug-likeness (QED) is 0.865. The number of rotatable bonds is 3. The highest BCUT2D eigenvalue weighted by molar-refractivity contribution is 5.85. The molecule has 1 N–H and O–H groups in total. The molecule has 2 rings (SSSR count). The zero-order valence-electron chi connectivity index (χ0n) is 12.9. The lowest BCUT2D eigenvalue weighted by atomic mass is 10.0. The van der Waals surface area contributed by atoms with Gasteiger partial charge in [0.2, 0.25) is 5.91 Å². The number of piperidine rings is 1. The highest BCUT2D eigenvalue weighted by Gasteiger charge is 2.29. The molecule has 4 nitrogen and oxygen atoms in total. The smallest absolute Gasteiger partial charge is 0.239 e. The van der Waals surface area contributed by atoms with Crippen LogP contribution >= 0.6 is 12.4 Å². The van der Waals surface area contributed by atoms with Gasteiger partial charge in [0.25, 0.3) is 0 Å². The van der Waals surface area contributed by atoms with Crippen LogP contribution in [0.4, 0.5) is 0 Å². The van der Waals surface area contributed by atoms with Crippen molar-refractivity contribution >= 4 is 18.3 Å². The van der Waals surface area contributed by atoms with Gasteiger partial charge in [-0.25, -0.2) is 0 Å². The second-order valence-electron chi connectivity index (χ2n) is 6.01. The fourth-order valence-electron chi connectivity index (χ4n) is 3.29. The Morgan fingerprint density at radius 2 is 1.60 bits per heavy atom. The van der Waals surface area contributed by atoms with Gasteiger partial charge in [-0.15, -0.1) is 12.4 Å². The molecule has 1 unspecified atom stereocenters. The standard InChI is InChI=1S/C15H29N3O.ClH/c1-13(17-11-7-14(16-2)8-12-17)15(19)18-9-5-3-4-6-10-18;/h13-14,16H,3-12H2,1-2H3;1H. The first-order valence-electron chi connectivity index (χ1n) is 7.92. The number of likely N-dealkylation sites (tertiary alicyclic amines) is 2. The van der Waals surface area contributed by atoms with Crippen molar-refractivity contribution in [3.8, 4) is 0 Å². The predicted molar refractivity (Wildman–Crippen MR) is 85.4 cm³/mol. The molecule has 0 spiro atoms. The number of amides is 1. The maximum absolute atomic E-state index is 12.6. The van der Waals surface area contributed by atoms with Crippen molar-refractivity contribution < 1.29 is 4.79 Å². The zero-order valence-corrected chi connectivity index (χ0v) is 13.8. The van der Waals surface area contributed by atoms with E-state index in [1.165, 1.54) is 25.7 Å². The van der Waals surface area contributed by atoms with E-state index in [1.54, 1.807) is 0 Å². The molecule has 2 saturated heterocycles. The second-order valence-corrected chi connectivity index (χ2v) is 6.01. The molecule has 20 heavy (non-hydrogen) atoms. The van der Waals surface area contributed by atoms with Crippen LogP contribution in [0.5, 0.6) is 0 Å². The van der Waals surface area contributed by atoms with Gasteiger partial charge in [0.15, 0.2) is 0 Å². The normalized spacial score (nSPS) is 23.8. The van der Waals surface area contributed by atoms with Crippen molar-refractivity contribution in [1.29, 1.82) is 0 Å². The summed E-state index contributed by atoms with van der Waals surface area (Å²) in [4.78, 5) is 17.0. The highest BCUT2D eigenvalue weighted by Crippen LogP contribution is 2.16. The predicted octanol–water partition coefficient (Wildman–Crippen LogP) is 1.88. The highest BCUT2D eigenvalue weighted by atomic mass is 35.5. The van der Waals surface area contributed by atoms with Gasteiger partial charge in [-0.3, -0.25) is 9.69 Å². The SMILES string of the molecule is CNC1CCN(C(C)C(=O)N2CCCCCC2)CC1.Cl. The zero-order chi connectivity index (χ0) is 13.7. The van der Waals surface area contributed by atoms with E-state index in [0.717, 1.165) is 39.0 Å². The van der Waals surface area contributed by atoms with Crippen LogP contribution in [-0.4, -0.2) is 61.0 Å². The van der Waals surface area contributed by atoms with Crippen LogP contribution in [0.1, 0.15) is 45.4 Å². The first-order chi connectivity index (χ1) is 9.22. The van der Waals surface area contributed by atoms with Gasteiger partial charge < -0.3 is 10.2 Å². The average Bonchev–Trinajstić information content (AvgIpc) is 2.75. The Morgan fingerprint density at radius 3 is 2.10 bits per heavy atom. The molecule has 0 aromatic heterocycles. The number of nitrogens with one attached hydrogen (secondary N) is 1. The Kier molecular flexibility index (Phi) is 7.85. The number of hydrogen-bond donors (Lipinski definition) is 1. The van der Waals surface area contributed by atoms with Crippen molar-refractivity contribution in [1.82, 2.24) is 15.1 Å². The van der Waals surface area contributed by atoms with E-state index in [4.69, 9.17) is 0 Å². The maximum Gasteiger partial charge on any atom is 0.239 e. The molecule has 118 valence electrons. The fraction of sp³-hybridized carbons (Fsp3) is 0.933. The molecule has 2 aliphatic heterocycles. The van der Waals surface area contributed by atoms with Crippen molar-refractivity contribution in [2.24, 2.45) is 0 Å². The van der Waals surface area contributed by atoms with Gasteiger partial charge in [-0.2, -0.15) is 0 Å². The lowest BCUT2D eigenvalue weighted by Gasteiger charge is -2.37. The fourth-order valence-corrected chi connectivity index (χ4v) is 3.29. The molecular weight excluding hydrogens is 274 g/mol. The molecule has 1 amide bonds. The lowest BCUT2D eigenvalue weighted by Crippen LogP contribution is -2.51. The van der Waals surface area contributed by atoms with Crippen LogP contribution in [0.3, 0.4) is 0 Å². The Labute approximate surface area is 129 Å². The Morgan fingerprint density at radius 1 is 1.05 bits per heavy atom. The molecule has 0 aromatic carbocycles. The van der Waals surface area contributed by atoms with Gasteiger partial charge in [-0.1, -0.05) is 12.8 Å². The van der Waals surface area contributed by atoms with E-state index in [1.807, 2.05) is 7.05 Å². The third kappa shape index (κ3) is 4.61. The topological polar surface area (TPSA) is 35.6 Å². The van der Waals surface area contributed by atoms with Gasteiger partial charge in [0.05, 0.1) is 6.04 Å². The largest absolute Gasteiger partial charge is 0.341 e. The Hall–Kier alpha value is -0.320. The summed E-state index contributed by atoms with van der Waals surface area (Å²) in [7, 11) is 2.03. The third-order valence-electron chi connectivity index (χ3n) is 4.76. The molecule has 2 heterocycles. The molecule has 2 fully saturated rings. The van der Waals surface area contributed by atoms with Crippen molar-refractivity contribution in [2.45, 2.75) is 57.5 Å². The summed E-state index contributed by atoms with van der Waals surface area (Å²) in [6, 6.07) is 0.702. The van der Waals surface area contributed by atoms with E-state index in [0.29, 0.717) is 11.9 Å². The van der Waals surface area contributed by atoms with Crippen LogP contribution in [0.25, 0.3) is 0 Å². The van der Waals surface area contributed by atoms with Crippen LogP contribution in [0.15, 0.2) is 0 Å². The van der Waals surface area contributed by atoms with E-state index in [2.05, 4.69) is 22.0 Å². The first-order valence-corrected chi connectivity index (χ1v) is 7.92. The number of halogens is 1. The molecule has 0 radical (unpaired) electrons. The summed E-state index contributed by atoms with van der Waals surface area (Å²) >= 11 is 0. The second kappa shape index (κ2) is 8.85. The molecular formula is C15H30ClN3O. The Balaban J connectivity index is 0.00000200. The summed E-state index contributed by atoms with van der Waals surface area (Å²) in [6.45, 7) is 6.12. The van der Waals surface area contributed by atoms with Crippen molar-refractivity contribution in [3.63, 3.8) is 0 Å². The van der Waals surface area contributed by atoms with Crippen LogP contribution < -0.4 is 5.32 Å². The number of carbonyl (C=O) groups excluding carboxylic acids is 1. The number of carbonyl (C=O) groups is 1. The number of hydrogen-bond acceptors (Lipinski definition) is 3. The Bertz CT molecular complexity index is 285. The summed E-state index contributed by atoms with van der Waals surface area (Å²) in [5.41, 5.74) is 0. The molecule has 0 saturated carbocycles. The van der Waals surface area contributed by atoms with E-state index in [9.17, 15) is 4.79 Å². The molecule has 2 aliphatic rings. The minimum Gasteiger partial charge on any atom is -0.341 e.